The van der Waals surface area contributed by atoms with Crippen molar-refractivity contribution >= 4 is 17.5 Å². The molecule has 1 aromatic heterocycles. The fraction of sp³-hybridized carbons (Fsp3) is 0.600. The summed E-state index contributed by atoms with van der Waals surface area (Å²) in [6, 6.07) is 3.46. The molecule has 1 amide bonds. The van der Waals surface area contributed by atoms with E-state index in [1.807, 2.05) is 0 Å². The number of hydrogen-bond donors (Lipinski definition) is 1. The molecule has 0 spiro atoms. The standard InChI is InChI=1S/C15H21ClN2O2/c1-20-15-13(7-4-8-17-15)14(19)18-10-12-6-3-2-5-11(12)9-16/h4,7-8,11-12H,2-3,5-6,9-10H2,1H3,(H,18,19). The maximum absolute atomic E-state index is 12.2. The van der Waals surface area contributed by atoms with Crippen molar-refractivity contribution in [3.05, 3.63) is 23.9 Å². The van der Waals surface area contributed by atoms with Crippen LogP contribution in [0.15, 0.2) is 18.3 Å². The molecular weight excluding hydrogens is 276 g/mol. The maximum atomic E-state index is 12.2. The van der Waals surface area contributed by atoms with Gasteiger partial charge in [-0.15, -0.1) is 11.6 Å². The van der Waals surface area contributed by atoms with Crippen molar-refractivity contribution in [3.8, 4) is 5.88 Å². The molecule has 0 aliphatic heterocycles. The molecule has 1 aromatic rings. The highest BCUT2D eigenvalue weighted by molar-refractivity contribution is 6.18. The quantitative estimate of drug-likeness (QED) is 0.850. The highest BCUT2D eigenvalue weighted by Crippen LogP contribution is 2.30. The summed E-state index contributed by atoms with van der Waals surface area (Å²) in [6.07, 6.45) is 6.39. The van der Waals surface area contributed by atoms with Crippen molar-refractivity contribution < 1.29 is 9.53 Å². The molecule has 1 saturated carbocycles. The minimum Gasteiger partial charge on any atom is -0.480 e. The molecule has 2 rings (SSSR count). The number of ether oxygens (including phenoxy) is 1. The van der Waals surface area contributed by atoms with E-state index < -0.39 is 0 Å². The molecule has 1 heterocycles. The van der Waals surface area contributed by atoms with Gasteiger partial charge in [-0.3, -0.25) is 4.79 Å². The van der Waals surface area contributed by atoms with Crippen molar-refractivity contribution in [2.45, 2.75) is 25.7 Å². The number of nitrogens with zero attached hydrogens (tertiary/aromatic N) is 1. The van der Waals surface area contributed by atoms with E-state index in [4.69, 9.17) is 16.3 Å². The van der Waals surface area contributed by atoms with Crippen molar-refractivity contribution in [3.63, 3.8) is 0 Å². The number of hydrogen-bond acceptors (Lipinski definition) is 3. The van der Waals surface area contributed by atoms with E-state index in [0.717, 1.165) is 6.42 Å². The lowest BCUT2D eigenvalue weighted by Crippen LogP contribution is -2.35. The van der Waals surface area contributed by atoms with Crippen molar-refractivity contribution in [1.82, 2.24) is 10.3 Å². The van der Waals surface area contributed by atoms with E-state index in [-0.39, 0.29) is 5.91 Å². The van der Waals surface area contributed by atoms with Crippen LogP contribution in [0.2, 0.25) is 0 Å². The Morgan fingerprint density at radius 1 is 1.45 bits per heavy atom. The van der Waals surface area contributed by atoms with Gasteiger partial charge in [-0.2, -0.15) is 0 Å². The number of halogens is 1. The van der Waals surface area contributed by atoms with Crippen LogP contribution >= 0.6 is 11.6 Å². The summed E-state index contributed by atoms with van der Waals surface area (Å²) in [5, 5.41) is 2.99. The second-order valence-electron chi connectivity index (χ2n) is 5.23. The van der Waals surface area contributed by atoms with Crippen LogP contribution in [0, 0.1) is 11.8 Å². The molecule has 4 nitrogen and oxygen atoms in total. The first-order valence-corrected chi connectivity index (χ1v) is 7.63. The number of pyridine rings is 1. The molecule has 0 radical (unpaired) electrons. The number of methoxy groups -OCH3 is 1. The predicted molar refractivity (Wildman–Crippen MR) is 79.3 cm³/mol. The fourth-order valence-corrected chi connectivity index (χ4v) is 3.21. The third-order valence-electron chi connectivity index (χ3n) is 4.00. The number of carbonyl (C=O) groups excluding carboxylic acids is 1. The first-order chi connectivity index (χ1) is 9.76. The highest BCUT2D eigenvalue weighted by Gasteiger charge is 2.25. The van der Waals surface area contributed by atoms with E-state index in [9.17, 15) is 4.79 Å². The summed E-state index contributed by atoms with van der Waals surface area (Å²) in [7, 11) is 1.52. The summed E-state index contributed by atoms with van der Waals surface area (Å²) in [5.41, 5.74) is 0.480. The third kappa shape index (κ3) is 3.63. The smallest absolute Gasteiger partial charge is 0.256 e. The summed E-state index contributed by atoms with van der Waals surface area (Å²) >= 11 is 6.01. The van der Waals surface area contributed by atoms with Crippen LogP contribution in [0.3, 0.4) is 0 Å². The Labute approximate surface area is 124 Å². The number of aromatic nitrogens is 1. The average molecular weight is 297 g/mol. The molecule has 0 aromatic carbocycles. The van der Waals surface area contributed by atoms with Gasteiger partial charge in [0.15, 0.2) is 0 Å². The van der Waals surface area contributed by atoms with Gasteiger partial charge >= 0.3 is 0 Å². The van der Waals surface area contributed by atoms with E-state index in [0.29, 0.717) is 35.7 Å². The molecular formula is C15H21ClN2O2. The second kappa shape index (κ2) is 7.48. The summed E-state index contributed by atoms with van der Waals surface area (Å²) < 4.78 is 5.11. The average Bonchev–Trinajstić information content (AvgIpc) is 2.52. The molecule has 20 heavy (non-hydrogen) atoms. The van der Waals surface area contributed by atoms with Crippen LogP contribution in [-0.2, 0) is 0 Å². The minimum atomic E-state index is -0.131. The Hall–Kier alpha value is -1.29. The zero-order valence-electron chi connectivity index (χ0n) is 11.8. The number of carbonyl (C=O) groups is 1. The van der Waals surface area contributed by atoms with Crippen molar-refractivity contribution in [1.29, 1.82) is 0 Å². The van der Waals surface area contributed by atoms with Gasteiger partial charge in [0.1, 0.15) is 5.56 Å². The lowest BCUT2D eigenvalue weighted by Gasteiger charge is -2.30. The van der Waals surface area contributed by atoms with E-state index in [2.05, 4.69) is 10.3 Å². The number of rotatable bonds is 5. The SMILES string of the molecule is COc1ncccc1C(=O)NCC1CCCCC1CCl. The van der Waals surface area contributed by atoms with Crippen LogP contribution in [0.25, 0.3) is 0 Å². The molecule has 2 unspecified atom stereocenters. The lowest BCUT2D eigenvalue weighted by molar-refractivity contribution is 0.0933. The Kier molecular flexibility index (Phi) is 5.65. The van der Waals surface area contributed by atoms with Crippen LogP contribution < -0.4 is 10.1 Å². The molecule has 110 valence electrons. The normalized spacial score (nSPS) is 22.3. The summed E-state index contributed by atoms with van der Waals surface area (Å²) in [6.45, 7) is 0.675. The Bertz CT molecular complexity index is 453. The molecule has 2 atom stereocenters. The summed E-state index contributed by atoms with van der Waals surface area (Å²) in [4.78, 5) is 16.2. The van der Waals surface area contributed by atoms with Crippen molar-refractivity contribution in [2.24, 2.45) is 11.8 Å². The number of nitrogens with one attached hydrogen (secondary N) is 1. The molecule has 1 N–H and O–H groups in total. The second-order valence-corrected chi connectivity index (χ2v) is 5.54. The van der Waals surface area contributed by atoms with Crippen LogP contribution in [0.5, 0.6) is 5.88 Å². The van der Waals surface area contributed by atoms with Gasteiger partial charge in [0.25, 0.3) is 5.91 Å². The largest absolute Gasteiger partial charge is 0.480 e. The van der Waals surface area contributed by atoms with Gasteiger partial charge in [-0.25, -0.2) is 4.98 Å². The fourth-order valence-electron chi connectivity index (χ4n) is 2.80. The van der Waals surface area contributed by atoms with Gasteiger partial charge in [-0.05, 0) is 36.8 Å². The summed E-state index contributed by atoms with van der Waals surface area (Å²) in [5.74, 6) is 1.90. The molecule has 1 fully saturated rings. The molecule has 0 bridgehead atoms. The number of amides is 1. The molecule has 0 saturated heterocycles. The first kappa shape index (κ1) is 15.1. The van der Waals surface area contributed by atoms with Gasteiger partial charge in [0, 0.05) is 18.6 Å². The monoisotopic (exact) mass is 296 g/mol. The molecule has 1 aliphatic carbocycles. The zero-order chi connectivity index (χ0) is 14.4. The maximum Gasteiger partial charge on any atom is 0.256 e. The van der Waals surface area contributed by atoms with Crippen LogP contribution in [0.1, 0.15) is 36.0 Å². The van der Waals surface area contributed by atoms with E-state index >= 15 is 0 Å². The predicted octanol–water partition coefficient (Wildman–Crippen LogP) is 2.87. The van der Waals surface area contributed by atoms with E-state index in [1.165, 1.54) is 26.4 Å². The topological polar surface area (TPSA) is 51.2 Å². The van der Waals surface area contributed by atoms with Crippen LogP contribution in [-0.4, -0.2) is 30.4 Å². The lowest BCUT2D eigenvalue weighted by atomic mass is 9.80. The first-order valence-electron chi connectivity index (χ1n) is 7.09. The van der Waals surface area contributed by atoms with Gasteiger partial charge in [0.2, 0.25) is 5.88 Å². The number of alkyl halides is 1. The van der Waals surface area contributed by atoms with E-state index in [1.54, 1.807) is 18.3 Å². The molecule has 1 aliphatic rings. The molecule has 5 heteroatoms. The Balaban J connectivity index is 1.94. The van der Waals surface area contributed by atoms with Gasteiger partial charge in [-0.1, -0.05) is 12.8 Å². The zero-order valence-corrected chi connectivity index (χ0v) is 12.5. The Morgan fingerprint density at radius 2 is 2.20 bits per heavy atom. The van der Waals surface area contributed by atoms with Gasteiger partial charge in [0.05, 0.1) is 7.11 Å². The third-order valence-corrected chi connectivity index (χ3v) is 4.40. The Morgan fingerprint density at radius 3 is 2.90 bits per heavy atom. The van der Waals surface area contributed by atoms with Gasteiger partial charge < -0.3 is 10.1 Å². The van der Waals surface area contributed by atoms with Crippen molar-refractivity contribution in [2.75, 3.05) is 19.5 Å². The minimum absolute atomic E-state index is 0.131. The van der Waals surface area contributed by atoms with Crippen LogP contribution in [0.4, 0.5) is 0 Å². The highest BCUT2D eigenvalue weighted by atomic mass is 35.5.